The second-order valence-corrected chi connectivity index (χ2v) is 4.62. The van der Waals surface area contributed by atoms with E-state index in [0.29, 0.717) is 6.42 Å². The molecule has 3 rings (SSSR count). The Kier molecular flexibility index (Phi) is 3.50. The number of hydrogen-bond donors (Lipinski definition) is 0. The molecule has 0 amide bonds. The van der Waals surface area contributed by atoms with Crippen molar-refractivity contribution in [1.29, 1.82) is 0 Å². The topological polar surface area (TPSA) is 25.8 Å². The van der Waals surface area contributed by atoms with Crippen molar-refractivity contribution in [2.75, 3.05) is 0 Å². The number of rotatable bonds is 3. The summed E-state index contributed by atoms with van der Waals surface area (Å²) in [6, 6.07) is 12.7. The number of benzene rings is 1. The molecule has 98 valence electrons. The van der Waals surface area contributed by atoms with E-state index in [1.807, 2.05) is 30.3 Å². The van der Waals surface area contributed by atoms with Crippen molar-refractivity contribution < 1.29 is 4.39 Å². The van der Waals surface area contributed by atoms with Crippen LogP contribution in [0.2, 0.25) is 0 Å². The summed E-state index contributed by atoms with van der Waals surface area (Å²) >= 11 is 0. The van der Waals surface area contributed by atoms with Crippen LogP contribution in [0.3, 0.4) is 0 Å². The Balaban J connectivity index is 1.95. The van der Waals surface area contributed by atoms with Crippen LogP contribution < -0.4 is 0 Å². The van der Waals surface area contributed by atoms with Gasteiger partial charge in [0.2, 0.25) is 0 Å². The van der Waals surface area contributed by atoms with E-state index < -0.39 is 0 Å². The van der Waals surface area contributed by atoms with Crippen molar-refractivity contribution in [1.82, 2.24) is 9.97 Å². The lowest BCUT2D eigenvalue weighted by molar-refractivity contribution is 0.626. The molecule has 0 aliphatic heterocycles. The van der Waals surface area contributed by atoms with Gasteiger partial charge in [-0.3, -0.25) is 9.97 Å². The zero-order chi connectivity index (χ0) is 13.8. The summed E-state index contributed by atoms with van der Waals surface area (Å²) in [4.78, 5) is 8.06. The first-order chi connectivity index (χ1) is 9.81. The van der Waals surface area contributed by atoms with Gasteiger partial charge in [-0.15, -0.1) is 0 Å². The van der Waals surface area contributed by atoms with Crippen LogP contribution in [0.15, 0.2) is 67.3 Å². The van der Waals surface area contributed by atoms with Gasteiger partial charge in [0, 0.05) is 24.8 Å². The third-order valence-electron chi connectivity index (χ3n) is 3.10. The third-order valence-corrected chi connectivity index (χ3v) is 3.10. The Morgan fingerprint density at radius 1 is 0.800 bits per heavy atom. The Bertz CT molecular complexity index is 697. The zero-order valence-electron chi connectivity index (χ0n) is 10.8. The van der Waals surface area contributed by atoms with Gasteiger partial charge < -0.3 is 0 Å². The van der Waals surface area contributed by atoms with Crippen LogP contribution in [0.25, 0.3) is 11.1 Å². The van der Waals surface area contributed by atoms with Gasteiger partial charge in [-0.1, -0.05) is 12.1 Å². The Morgan fingerprint density at radius 2 is 1.65 bits per heavy atom. The number of aromatic nitrogens is 2. The lowest BCUT2D eigenvalue weighted by Crippen LogP contribution is -1.92. The van der Waals surface area contributed by atoms with Crippen molar-refractivity contribution in [3.8, 4) is 11.1 Å². The monoisotopic (exact) mass is 264 g/mol. The molecular formula is C17H13FN2. The molecule has 0 aliphatic carbocycles. The van der Waals surface area contributed by atoms with Crippen LogP contribution in [-0.4, -0.2) is 9.97 Å². The molecule has 0 bridgehead atoms. The molecule has 0 unspecified atom stereocenters. The van der Waals surface area contributed by atoms with Crippen molar-refractivity contribution in [3.63, 3.8) is 0 Å². The van der Waals surface area contributed by atoms with Crippen LogP contribution in [-0.2, 0) is 6.42 Å². The zero-order valence-corrected chi connectivity index (χ0v) is 10.8. The van der Waals surface area contributed by atoms with Gasteiger partial charge in [0.05, 0.1) is 0 Å². The van der Waals surface area contributed by atoms with E-state index in [4.69, 9.17) is 0 Å². The molecule has 0 fully saturated rings. The Hall–Kier alpha value is -2.55. The molecule has 2 nitrogen and oxygen atoms in total. The predicted octanol–water partition coefficient (Wildman–Crippen LogP) is 3.87. The lowest BCUT2D eigenvalue weighted by Gasteiger charge is -2.06. The van der Waals surface area contributed by atoms with Gasteiger partial charge in [-0.2, -0.15) is 0 Å². The molecule has 0 saturated heterocycles. The van der Waals surface area contributed by atoms with Gasteiger partial charge in [-0.05, 0) is 59.0 Å². The molecule has 0 spiro atoms. The highest BCUT2D eigenvalue weighted by Crippen LogP contribution is 2.22. The average Bonchev–Trinajstić information content (AvgIpc) is 2.49. The first-order valence-electron chi connectivity index (χ1n) is 6.40. The summed E-state index contributed by atoms with van der Waals surface area (Å²) < 4.78 is 13.8. The first-order valence-corrected chi connectivity index (χ1v) is 6.40. The van der Waals surface area contributed by atoms with Crippen molar-refractivity contribution in [2.45, 2.75) is 6.42 Å². The summed E-state index contributed by atoms with van der Waals surface area (Å²) in [6.07, 6.45) is 7.63. The predicted molar refractivity (Wildman–Crippen MR) is 76.7 cm³/mol. The quantitative estimate of drug-likeness (QED) is 0.717. The van der Waals surface area contributed by atoms with E-state index >= 15 is 0 Å². The van der Waals surface area contributed by atoms with E-state index in [-0.39, 0.29) is 5.82 Å². The standard InChI is InChI=1S/C17H13FN2/c18-17-10-14(8-13-2-1-5-20-12-13)9-16(11-17)15-3-6-19-7-4-15/h1-7,9-12H,8H2. The number of nitrogens with zero attached hydrogens (tertiary/aromatic N) is 2. The lowest BCUT2D eigenvalue weighted by atomic mass is 10.00. The van der Waals surface area contributed by atoms with E-state index in [0.717, 1.165) is 22.3 Å². The fourth-order valence-electron chi connectivity index (χ4n) is 2.20. The molecular weight excluding hydrogens is 251 g/mol. The van der Waals surface area contributed by atoms with Crippen LogP contribution >= 0.6 is 0 Å². The third kappa shape index (κ3) is 2.88. The molecule has 2 heterocycles. The number of halogens is 1. The fourth-order valence-corrected chi connectivity index (χ4v) is 2.20. The maximum Gasteiger partial charge on any atom is 0.124 e. The van der Waals surface area contributed by atoms with Crippen molar-refractivity contribution in [3.05, 3.63) is 84.2 Å². The second kappa shape index (κ2) is 5.61. The maximum atomic E-state index is 13.8. The SMILES string of the molecule is Fc1cc(Cc2cccnc2)cc(-c2ccncc2)c1. The summed E-state index contributed by atoms with van der Waals surface area (Å²) in [5, 5.41) is 0. The van der Waals surface area contributed by atoms with Gasteiger partial charge in [0.25, 0.3) is 0 Å². The average molecular weight is 264 g/mol. The van der Waals surface area contributed by atoms with Crippen LogP contribution in [0, 0.1) is 5.82 Å². The van der Waals surface area contributed by atoms with Gasteiger partial charge in [-0.25, -0.2) is 4.39 Å². The van der Waals surface area contributed by atoms with Crippen LogP contribution in [0.4, 0.5) is 4.39 Å². The summed E-state index contributed by atoms with van der Waals surface area (Å²) in [5.74, 6) is -0.224. The molecule has 3 heteroatoms. The molecule has 0 saturated carbocycles. The van der Waals surface area contributed by atoms with Gasteiger partial charge in [0.15, 0.2) is 0 Å². The summed E-state index contributed by atoms with van der Waals surface area (Å²) in [6.45, 7) is 0. The van der Waals surface area contributed by atoms with Gasteiger partial charge in [0.1, 0.15) is 5.82 Å². The smallest absolute Gasteiger partial charge is 0.124 e. The van der Waals surface area contributed by atoms with E-state index in [2.05, 4.69) is 9.97 Å². The largest absolute Gasteiger partial charge is 0.265 e. The van der Waals surface area contributed by atoms with Crippen molar-refractivity contribution >= 4 is 0 Å². The van der Waals surface area contributed by atoms with Crippen LogP contribution in [0.5, 0.6) is 0 Å². The molecule has 20 heavy (non-hydrogen) atoms. The number of hydrogen-bond acceptors (Lipinski definition) is 2. The summed E-state index contributed by atoms with van der Waals surface area (Å²) in [7, 11) is 0. The first kappa shape index (κ1) is 12.5. The molecule has 0 radical (unpaired) electrons. The highest BCUT2D eigenvalue weighted by Gasteiger charge is 2.04. The summed E-state index contributed by atoms with van der Waals surface area (Å²) in [5.41, 5.74) is 3.84. The maximum absolute atomic E-state index is 13.8. The molecule has 0 atom stereocenters. The Labute approximate surface area is 117 Å². The minimum Gasteiger partial charge on any atom is -0.265 e. The molecule has 1 aromatic carbocycles. The van der Waals surface area contributed by atoms with Gasteiger partial charge >= 0.3 is 0 Å². The Morgan fingerprint density at radius 3 is 2.40 bits per heavy atom. The van der Waals surface area contributed by atoms with E-state index in [1.54, 1.807) is 36.9 Å². The second-order valence-electron chi connectivity index (χ2n) is 4.62. The normalized spacial score (nSPS) is 10.4. The minimum atomic E-state index is -0.224. The van der Waals surface area contributed by atoms with Crippen LogP contribution in [0.1, 0.15) is 11.1 Å². The van der Waals surface area contributed by atoms with Crippen molar-refractivity contribution in [2.24, 2.45) is 0 Å². The fraction of sp³-hybridized carbons (Fsp3) is 0.0588. The highest BCUT2D eigenvalue weighted by molar-refractivity contribution is 5.63. The highest BCUT2D eigenvalue weighted by atomic mass is 19.1. The molecule has 3 aromatic rings. The van der Waals surface area contributed by atoms with E-state index in [9.17, 15) is 4.39 Å². The number of pyridine rings is 2. The minimum absolute atomic E-state index is 0.224. The molecule has 0 aliphatic rings. The molecule has 2 aromatic heterocycles. The van der Waals surface area contributed by atoms with E-state index in [1.165, 1.54) is 0 Å². The molecule has 0 N–H and O–H groups in total.